The van der Waals surface area contributed by atoms with E-state index in [1.165, 1.54) is 4.90 Å². The Morgan fingerprint density at radius 2 is 1.61 bits per heavy atom. The number of benzene rings is 1. The minimum atomic E-state index is -0.840. The van der Waals surface area contributed by atoms with Gasteiger partial charge in [-0.05, 0) is 36.3 Å². The molecule has 3 rings (SSSR count). The highest BCUT2D eigenvalue weighted by molar-refractivity contribution is 7.13. The highest BCUT2D eigenvalue weighted by Crippen LogP contribution is 2.28. The van der Waals surface area contributed by atoms with Crippen LogP contribution in [-0.4, -0.2) is 68.5 Å². The molecular formula is C33H48N4O6S. The van der Waals surface area contributed by atoms with Crippen LogP contribution in [0.25, 0.3) is 10.4 Å². The first-order chi connectivity index (χ1) is 20.9. The third-order valence-electron chi connectivity index (χ3n) is 8.01. The third kappa shape index (κ3) is 10.7. The molecule has 2 heterocycles. The van der Waals surface area contributed by atoms with Gasteiger partial charge in [0.05, 0.1) is 22.2 Å². The summed E-state index contributed by atoms with van der Waals surface area (Å²) in [6, 6.07) is 6.24. The summed E-state index contributed by atoms with van der Waals surface area (Å²) in [7, 11) is 0. The molecule has 2 aromatic rings. The second-order valence-corrected chi connectivity index (χ2v) is 13.7. The molecule has 0 radical (unpaired) electrons. The Bertz CT molecular complexity index is 1260. The number of aliphatic carboxylic acids is 1. The number of aliphatic hydroxyl groups is 1. The molecule has 1 fully saturated rings. The van der Waals surface area contributed by atoms with Crippen molar-refractivity contribution in [1.82, 2.24) is 20.5 Å². The number of amides is 3. The van der Waals surface area contributed by atoms with Crippen LogP contribution in [0.5, 0.6) is 0 Å². The fourth-order valence-corrected chi connectivity index (χ4v) is 6.27. The van der Waals surface area contributed by atoms with E-state index >= 15 is 0 Å². The van der Waals surface area contributed by atoms with E-state index in [-0.39, 0.29) is 43.7 Å². The van der Waals surface area contributed by atoms with Crippen LogP contribution in [0.4, 0.5) is 0 Å². The van der Waals surface area contributed by atoms with Gasteiger partial charge in [-0.3, -0.25) is 19.2 Å². The smallest absolute Gasteiger partial charge is 0.303 e. The second kappa shape index (κ2) is 16.7. The van der Waals surface area contributed by atoms with E-state index in [0.29, 0.717) is 19.3 Å². The molecule has 4 N–H and O–H groups in total. The maximum absolute atomic E-state index is 13.8. The largest absolute Gasteiger partial charge is 0.481 e. The van der Waals surface area contributed by atoms with Crippen molar-refractivity contribution in [3.8, 4) is 10.4 Å². The Balaban J connectivity index is 1.50. The molecule has 242 valence electrons. The molecule has 3 atom stereocenters. The summed E-state index contributed by atoms with van der Waals surface area (Å²) in [6.45, 7) is 7.92. The summed E-state index contributed by atoms with van der Waals surface area (Å²) in [6.07, 6.45) is 5.95. The van der Waals surface area contributed by atoms with Crippen molar-refractivity contribution in [2.75, 3.05) is 6.54 Å². The molecule has 44 heavy (non-hydrogen) atoms. The number of carboxylic acids is 1. The van der Waals surface area contributed by atoms with Crippen LogP contribution < -0.4 is 10.6 Å². The molecule has 0 bridgehead atoms. The quantitative estimate of drug-likeness (QED) is 0.195. The van der Waals surface area contributed by atoms with E-state index < -0.39 is 29.6 Å². The van der Waals surface area contributed by atoms with Crippen LogP contribution >= 0.6 is 11.3 Å². The molecule has 0 saturated carbocycles. The summed E-state index contributed by atoms with van der Waals surface area (Å²) in [5, 5.41) is 25.0. The van der Waals surface area contributed by atoms with Gasteiger partial charge in [-0.2, -0.15) is 0 Å². The van der Waals surface area contributed by atoms with Crippen LogP contribution in [0.1, 0.15) is 96.2 Å². The number of carbonyl (C=O) groups is 4. The van der Waals surface area contributed by atoms with Gasteiger partial charge in [0, 0.05) is 32.4 Å². The highest BCUT2D eigenvalue weighted by Gasteiger charge is 2.44. The van der Waals surface area contributed by atoms with Gasteiger partial charge in [0.1, 0.15) is 12.1 Å². The number of rotatable bonds is 16. The lowest BCUT2D eigenvalue weighted by Gasteiger charge is -2.35. The molecule has 0 spiro atoms. The lowest BCUT2D eigenvalue weighted by molar-refractivity contribution is -0.144. The molecule has 1 aliphatic rings. The Morgan fingerprint density at radius 3 is 2.18 bits per heavy atom. The van der Waals surface area contributed by atoms with Crippen molar-refractivity contribution in [3.63, 3.8) is 0 Å². The normalized spacial score (nSPS) is 17.3. The zero-order valence-electron chi connectivity index (χ0n) is 26.4. The second-order valence-electron chi connectivity index (χ2n) is 12.8. The highest BCUT2D eigenvalue weighted by atomic mass is 32.1. The lowest BCUT2D eigenvalue weighted by atomic mass is 9.85. The predicted molar refractivity (Wildman–Crippen MR) is 171 cm³/mol. The van der Waals surface area contributed by atoms with E-state index in [1.807, 2.05) is 57.5 Å². The van der Waals surface area contributed by atoms with Gasteiger partial charge in [-0.25, -0.2) is 4.98 Å². The molecule has 3 amide bonds. The zero-order valence-corrected chi connectivity index (χ0v) is 27.3. The minimum Gasteiger partial charge on any atom is -0.481 e. The van der Waals surface area contributed by atoms with Gasteiger partial charge >= 0.3 is 5.97 Å². The zero-order chi connectivity index (χ0) is 32.3. The minimum absolute atomic E-state index is 0.0364. The average Bonchev–Trinajstić information content (AvgIpc) is 3.58. The Morgan fingerprint density at radius 1 is 1.00 bits per heavy atom. The van der Waals surface area contributed by atoms with Gasteiger partial charge in [-0.1, -0.05) is 77.1 Å². The number of unbranched alkanes of at least 4 members (excludes halogenated alkanes) is 6. The van der Waals surface area contributed by atoms with E-state index in [0.717, 1.165) is 53.8 Å². The summed E-state index contributed by atoms with van der Waals surface area (Å²) in [5.74, 6) is -1.67. The van der Waals surface area contributed by atoms with E-state index in [9.17, 15) is 24.3 Å². The number of nitrogens with zero attached hydrogens (tertiary/aromatic N) is 2. The van der Waals surface area contributed by atoms with E-state index in [1.54, 1.807) is 11.3 Å². The fraction of sp³-hybridized carbons (Fsp3) is 0.606. The van der Waals surface area contributed by atoms with Crippen molar-refractivity contribution < 1.29 is 29.4 Å². The summed E-state index contributed by atoms with van der Waals surface area (Å²) in [4.78, 5) is 57.3. The van der Waals surface area contributed by atoms with E-state index in [2.05, 4.69) is 15.6 Å². The number of aliphatic hydroxyl groups excluding tert-OH is 1. The molecule has 1 aromatic carbocycles. The maximum atomic E-state index is 13.8. The monoisotopic (exact) mass is 628 g/mol. The number of thiazole rings is 1. The molecule has 1 aromatic heterocycles. The van der Waals surface area contributed by atoms with Gasteiger partial charge in [0.2, 0.25) is 17.7 Å². The summed E-state index contributed by atoms with van der Waals surface area (Å²) in [5.41, 5.74) is 4.17. The topological polar surface area (TPSA) is 149 Å². The molecule has 1 saturated heterocycles. The Labute approximate surface area is 264 Å². The number of carbonyl (C=O) groups excluding carboxylic acids is 3. The standard InChI is InChI=1S/C33H48N4O6S/c1-22-29(44-21-35-22)24-16-14-23(15-17-24)19-34-31(42)26-18-25(38)20-37(26)32(43)30(33(2,3)4)36-27(39)12-10-8-6-5-7-9-11-13-28(40)41/h14-17,21,25-26,30,38H,5-13,18-20H2,1-4H3,(H,34,42)(H,36,39)(H,40,41)/t25-,26+,30-/m1/s1. The molecule has 1 aliphatic heterocycles. The Hall–Kier alpha value is -3.31. The SMILES string of the molecule is Cc1ncsc1-c1ccc(CNC(=O)[C@@H]2C[C@@H](O)CN2C(=O)[C@@H](NC(=O)CCCCCCCCCC(=O)O)C(C)(C)C)cc1. The number of nitrogens with one attached hydrogen (secondary N) is 2. The molecule has 11 heteroatoms. The summed E-state index contributed by atoms with van der Waals surface area (Å²) < 4.78 is 0. The van der Waals surface area contributed by atoms with Crippen LogP contribution in [-0.2, 0) is 25.7 Å². The van der Waals surface area contributed by atoms with Crippen LogP contribution in [0.3, 0.4) is 0 Å². The van der Waals surface area contributed by atoms with Gasteiger partial charge < -0.3 is 25.7 Å². The van der Waals surface area contributed by atoms with Gasteiger partial charge in [0.25, 0.3) is 0 Å². The number of aryl methyl sites for hydroxylation is 1. The first-order valence-corrected chi connectivity index (χ1v) is 16.5. The number of carboxylic acid groups (broad SMARTS) is 1. The average molecular weight is 629 g/mol. The molecule has 0 unspecified atom stereocenters. The number of likely N-dealkylation sites (tertiary alicyclic amines) is 1. The van der Waals surface area contributed by atoms with Crippen LogP contribution in [0.2, 0.25) is 0 Å². The fourth-order valence-electron chi connectivity index (χ4n) is 5.46. The molecule has 10 nitrogen and oxygen atoms in total. The van der Waals surface area contributed by atoms with Crippen molar-refractivity contribution in [3.05, 3.63) is 41.0 Å². The summed E-state index contributed by atoms with van der Waals surface area (Å²) >= 11 is 1.58. The maximum Gasteiger partial charge on any atom is 0.303 e. The lowest BCUT2D eigenvalue weighted by Crippen LogP contribution is -2.57. The van der Waals surface area contributed by atoms with Crippen molar-refractivity contribution in [2.45, 2.75) is 117 Å². The predicted octanol–water partition coefficient (Wildman–Crippen LogP) is 4.82. The number of hydrogen-bond donors (Lipinski definition) is 4. The Kier molecular flexibility index (Phi) is 13.3. The van der Waals surface area contributed by atoms with Gasteiger partial charge in [-0.15, -0.1) is 11.3 Å². The third-order valence-corrected chi connectivity index (χ3v) is 8.98. The number of β-amino-alcohol motifs (C(OH)–C–C–N with tert-alkyl or cyclic N) is 1. The molecular weight excluding hydrogens is 580 g/mol. The van der Waals surface area contributed by atoms with Crippen molar-refractivity contribution in [1.29, 1.82) is 0 Å². The van der Waals surface area contributed by atoms with Crippen LogP contribution in [0, 0.1) is 12.3 Å². The van der Waals surface area contributed by atoms with Gasteiger partial charge in [0.15, 0.2) is 0 Å². The number of aromatic nitrogens is 1. The van der Waals surface area contributed by atoms with Crippen molar-refractivity contribution >= 4 is 35.0 Å². The number of hydrogen-bond acceptors (Lipinski definition) is 7. The van der Waals surface area contributed by atoms with E-state index in [4.69, 9.17) is 5.11 Å². The molecule has 0 aliphatic carbocycles. The first kappa shape index (κ1) is 35.2. The first-order valence-electron chi connectivity index (χ1n) is 15.6. The van der Waals surface area contributed by atoms with Crippen molar-refractivity contribution in [2.24, 2.45) is 5.41 Å². The van der Waals surface area contributed by atoms with Crippen LogP contribution in [0.15, 0.2) is 29.8 Å².